The third-order valence-corrected chi connectivity index (χ3v) is 4.12. The molecule has 1 fully saturated rings. The third kappa shape index (κ3) is 3.52. The number of hydrogen-bond acceptors (Lipinski definition) is 5. The number of rotatable bonds is 5. The minimum Gasteiger partial charge on any atom is -0.477 e. The summed E-state index contributed by atoms with van der Waals surface area (Å²) >= 11 is 1.26. The molecule has 0 atom stereocenters. The Hall–Kier alpha value is -0.950. The van der Waals surface area contributed by atoms with Gasteiger partial charge in [0.15, 0.2) is 0 Å². The maximum atomic E-state index is 10.7. The number of thiophene rings is 1. The van der Waals surface area contributed by atoms with Crippen molar-refractivity contribution in [2.75, 3.05) is 19.8 Å². The molecule has 0 aliphatic carbocycles. The van der Waals surface area contributed by atoms with Gasteiger partial charge in [-0.3, -0.25) is 0 Å². The van der Waals surface area contributed by atoms with Gasteiger partial charge in [-0.2, -0.15) is 0 Å². The normalized spacial score (nSPS) is 18.7. The first kappa shape index (κ1) is 13.5. The first-order chi connectivity index (χ1) is 8.59. The van der Waals surface area contributed by atoms with E-state index in [4.69, 9.17) is 9.84 Å². The molecular weight excluding hydrogens is 254 g/mol. The molecule has 100 valence electrons. The number of carboxylic acid groups (broad SMARTS) is 1. The van der Waals surface area contributed by atoms with Crippen molar-refractivity contribution in [1.82, 2.24) is 5.32 Å². The van der Waals surface area contributed by atoms with Crippen molar-refractivity contribution < 1.29 is 19.7 Å². The highest BCUT2D eigenvalue weighted by Gasteiger charge is 2.29. The average Bonchev–Trinajstić information content (AvgIpc) is 2.78. The monoisotopic (exact) mass is 271 g/mol. The van der Waals surface area contributed by atoms with Crippen molar-refractivity contribution >= 4 is 17.3 Å². The van der Waals surface area contributed by atoms with Crippen LogP contribution in [0.3, 0.4) is 0 Å². The number of hydrogen-bond donors (Lipinski definition) is 3. The molecule has 0 unspecified atom stereocenters. The van der Waals surface area contributed by atoms with Gasteiger partial charge in [0.05, 0.1) is 5.60 Å². The van der Waals surface area contributed by atoms with E-state index in [1.165, 1.54) is 11.3 Å². The van der Waals surface area contributed by atoms with Crippen LogP contribution in [-0.2, 0) is 11.3 Å². The Morgan fingerprint density at radius 3 is 2.78 bits per heavy atom. The van der Waals surface area contributed by atoms with Gasteiger partial charge in [0.2, 0.25) is 0 Å². The topological polar surface area (TPSA) is 78.8 Å². The summed E-state index contributed by atoms with van der Waals surface area (Å²) in [4.78, 5) is 12.0. The van der Waals surface area contributed by atoms with Gasteiger partial charge in [0, 0.05) is 44.0 Å². The summed E-state index contributed by atoms with van der Waals surface area (Å²) in [6, 6.07) is 3.41. The van der Waals surface area contributed by atoms with E-state index in [1.807, 2.05) is 0 Å². The summed E-state index contributed by atoms with van der Waals surface area (Å²) in [7, 11) is 0. The van der Waals surface area contributed by atoms with Crippen molar-refractivity contribution in [3.8, 4) is 0 Å². The van der Waals surface area contributed by atoms with Crippen molar-refractivity contribution in [3.63, 3.8) is 0 Å². The first-order valence-corrected chi connectivity index (χ1v) is 6.74. The molecule has 1 aromatic rings. The van der Waals surface area contributed by atoms with Crippen LogP contribution in [0.2, 0.25) is 0 Å². The molecule has 2 heterocycles. The predicted molar refractivity (Wildman–Crippen MR) is 68.0 cm³/mol. The number of aromatic carboxylic acids is 1. The largest absolute Gasteiger partial charge is 0.477 e. The molecule has 2 rings (SSSR count). The molecule has 1 aliphatic heterocycles. The van der Waals surface area contributed by atoms with Crippen LogP contribution in [0.15, 0.2) is 12.1 Å². The van der Waals surface area contributed by atoms with Crippen LogP contribution in [0.25, 0.3) is 0 Å². The fourth-order valence-electron chi connectivity index (χ4n) is 1.93. The van der Waals surface area contributed by atoms with Gasteiger partial charge in [0.25, 0.3) is 0 Å². The lowest BCUT2D eigenvalue weighted by atomic mass is 9.94. The Balaban J connectivity index is 1.78. The molecule has 1 saturated heterocycles. The molecule has 0 spiro atoms. The van der Waals surface area contributed by atoms with E-state index in [0.717, 1.165) is 4.88 Å². The van der Waals surface area contributed by atoms with Crippen LogP contribution in [-0.4, -0.2) is 41.5 Å². The second-order valence-electron chi connectivity index (χ2n) is 4.51. The highest BCUT2D eigenvalue weighted by Crippen LogP contribution is 2.20. The second kappa shape index (κ2) is 5.79. The van der Waals surface area contributed by atoms with E-state index in [2.05, 4.69) is 5.32 Å². The molecule has 0 saturated carbocycles. The van der Waals surface area contributed by atoms with Gasteiger partial charge < -0.3 is 20.3 Å². The zero-order valence-electron chi connectivity index (χ0n) is 10.0. The van der Waals surface area contributed by atoms with Gasteiger partial charge in [-0.15, -0.1) is 11.3 Å². The van der Waals surface area contributed by atoms with Crippen molar-refractivity contribution in [2.45, 2.75) is 25.0 Å². The fraction of sp³-hybridized carbons (Fsp3) is 0.583. The van der Waals surface area contributed by atoms with Crippen LogP contribution in [0.4, 0.5) is 0 Å². The third-order valence-electron chi connectivity index (χ3n) is 3.05. The summed E-state index contributed by atoms with van der Waals surface area (Å²) in [6.07, 6.45) is 1.29. The second-order valence-corrected chi connectivity index (χ2v) is 5.68. The quantitative estimate of drug-likeness (QED) is 0.747. The van der Waals surface area contributed by atoms with Gasteiger partial charge >= 0.3 is 5.97 Å². The van der Waals surface area contributed by atoms with Crippen molar-refractivity contribution in [3.05, 3.63) is 21.9 Å². The van der Waals surface area contributed by atoms with Crippen LogP contribution in [0.1, 0.15) is 27.4 Å². The lowest BCUT2D eigenvalue weighted by molar-refractivity contribution is -0.0616. The van der Waals surface area contributed by atoms with Crippen molar-refractivity contribution in [2.24, 2.45) is 0 Å². The number of carbonyl (C=O) groups is 1. The molecule has 3 N–H and O–H groups in total. The van der Waals surface area contributed by atoms with E-state index >= 15 is 0 Å². The molecule has 6 heteroatoms. The summed E-state index contributed by atoms with van der Waals surface area (Å²) < 4.78 is 5.21. The Kier molecular flexibility index (Phi) is 4.34. The van der Waals surface area contributed by atoms with Crippen LogP contribution in [0, 0.1) is 0 Å². The lowest BCUT2D eigenvalue weighted by Gasteiger charge is -2.32. The Morgan fingerprint density at radius 1 is 1.44 bits per heavy atom. The van der Waals surface area contributed by atoms with Crippen molar-refractivity contribution in [1.29, 1.82) is 0 Å². The van der Waals surface area contributed by atoms with Gasteiger partial charge in [-0.05, 0) is 12.1 Å². The standard InChI is InChI=1S/C12H17NO4S/c14-11(15)10-2-1-9(18-10)7-13-8-12(16)3-5-17-6-4-12/h1-2,13,16H,3-8H2,(H,14,15). The molecule has 18 heavy (non-hydrogen) atoms. The average molecular weight is 271 g/mol. The summed E-state index contributed by atoms with van der Waals surface area (Å²) in [6.45, 7) is 2.29. The molecule has 1 aromatic heterocycles. The number of ether oxygens (including phenoxy) is 1. The minimum absolute atomic E-state index is 0.344. The number of carboxylic acids is 1. The summed E-state index contributed by atoms with van der Waals surface area (Å²) in [5.74, 6) is -0.894. The Labute approximate surface area is 109 Å². The van der Waals surface area contributed by atoms with Crippen LogP contribution < -0.4 is 5.32 Å². The maximum absolute atomic E-state index is 10.7. The maximum Gasteiger partial charge on any atom is 0.345 e. The minimum atomic E-state index is -0.894. The van der Waals surface area contributed by atoms with Gasteiger partial charge in [-0.1, -0.05) is 0 Å². The van der Waals surface area contributed by atoms with Gasteiger partial charge in [-0.25, -0.2) is 4.79 Å². The summed E-state index contributed by atoms with van der Waals surface area (Å²) in [5.41, 5.74) is -0.689. The number of aliphatic hydroxyl groups is 1. The van der Waals surface area contributed by atoms with Crippen LogP contribution in [0.5, 0.6) is 0 Å². The predicted octanol–water partition coefficient (Wildman–Crippen LogP) is 1.08. The highest BCUT2D eigenvalue weighted by molar-refractivity contribution is 7.13. The highest BCUT2D eigenvalue weighted by atomic mass is 32.1. The first-order valence-electron chi connectivity index (χ1n) is 5.92. The molecule has 0 bridgehead atoms. The van der Waals surface area contributed by atoms with E-state index in [0.29, 0.717) is 44.0 Å². The molecule has 5 nitrogen and oxygen atoms in total. The molecule has 1 aliphatic rings. The summed E-state index contributed by atoms with van der Waals surface area (Å²) in [5, 5.41) is 22.2. The van der Waals surface area contributed by atoms with E-state index in [1.54, 1.807) is 12.1 Å². The van der Waals surface area contributed by atoms with E-state index in [9.17, 15) is 9.90 Å². The Bertz CT molecular complexity index is 412. The molecular formula is C12H17NO4S. The van der Waals surface area contributed by atoms with Crippen LogP contribution >= 0.6 is 11.3 Å². The van der Waals surface area contributed by atoms with E-state index < -0.39 is 11.6 Å². The van der Waals surface area contributed by atoms with E-state index in [-0.39, 0.29) is 0 Å². The lowest BCUT2D eigenvalue weighted by Crippen LogP contribution is -2.44. The SMILES string of the molecule is O=C(O)c1ccc(CNCC2(O)CCOCC2)s1. The zero-order chi connectivity index (χ0) is 13.0. The smallest absolute Gasteiger partial charge is 0.345 e. The Morgan fingerprint density at radius 2 is 2.17 bits per heavy atom. The number of nitrogens with one attached hydrogen (secondary N) is 1. The molecule has 0 amide bonds. The zero-order valence-corrected chi connectivity index (χ0v) is 10.8. The molecule has 0 radical (unpaired) electrons. The fourth-order valence-corrected chi connectivity index (χ4v) is 2.75. The molecule has 0 aromatic carbocycles. The van der Waals surface area contributed by atoms with Gasteiger partial charge in [0.1, 0.15) is 4.88 Å².